The predicted octanol–water partition coefficient (Wildman–Crippen LogP) is 5.03. The lowest BCUT2D eigenvalue weighted by Crippen LogP contribution is -2.52. The van der Waals surface area contributed by atoms with Crippen molar-refractivity contribution in [3.63, 3.8) is 0 Å². The van der Waals surface area contributed by atoms with Crippen molar-refractivity contribution in [1.82, 2.24) is 0 Å². The molecule has 120 valence electrons. The Hall–Kier alpha value is -1.31. The summed E-state index contributed by atoms with van der Waals surface area (Å²) in [5, 5.41) is 9.80. The number of hydrogen-bond acceptors (Lipinski definition) is 1. The lowest BCUT2D eigenvalue weighted by molar-refractivity contribution is -0.156. The van der Waals surface area contributed by atoms with Gasteiger partial charge in [-0.15, -0.1) is 0 Å². The van der Waals surface area contributed by atoms with Crippen LogP contribution in [-0.4, -0.2) is 11.1 Å². The Morgan fingerprint density at radius 1 is 1.14 bits per heavy atom. The molecule has 0 heterocycles. The first-order valence-electron chi connectivity index (χ1n) is 8.60. The van der Waals surface area contributed by atoms with E-state index in [9.17, 15) is 9.90 Å². The summed E-state index contributed by atoms with van der Waals surface area (Å²) < 4.78 is 0. The average molecular weight is 300 g/mol. The number of aliphatic carboxylic acids is 1. The first-order valence-corrected chi connectivity index (χ1v) is 8.60. The maximum atomic E-state index is 11.9. The molecule has 2 nitrogen and oxygen atoms in total. The van der Waals surface area contributed by atoms with Gasteiger partial charge in [-0.1, -0.05) is 50.6 Å². The van der Waals surface area contributed by atoms with Crippen LogP contribution in [0.3, 0.4) is 0 Å². The Kier molecular flexibility index (Phi) is 3.62. The molecule has 1 N–H and O–H groups in total. The maximum Gasteiger partial charge on any atom is 0.309 e. The summed E-state index contributed by atoms with van der Waals surface area (Å²) in [5.41, 5.74) is 1.17. The normalized spacial score (nSPS) is 41.1. The van der Waals surface area contributed by atoms with E-state index in [4.69, 9.17) is 0 Å². The third kappa shape index (κ3) is 2.47. The van der Waals surface area contributed by atoms with E-state index in [-0.39, 0.29) is 5.41 Å². The molecule has 0 radical (unpaired) electrons. The highest BCUT2D eigenvalue weighted by Crippen LogP contribution is 2.61. The fourth-order valence-corrected chi connectivity index (χ4v) is 5.56. The second-order valence-corrected chi connectivity index (χ2v) is 8.51. The lowest BCUT2D eigenvalue weighted by atomic mass is 9.47. The SMILES string of the molecule is CCC1(C)CC2CC(C)(C(=O)O)CC(c3ccccc3)(C2)C1. The molecule has 2 heteroatoms. The summed E-state index contributed by atoms with van der Waals surface area (Å²) in [5.74, 6) is -0.0774. The van der Waals surface area contributed by atoms with Crippen LogP contribution in [0.4, 0.5) is 0 Å². The molecule has 0 saturated heterocycles. The topological polar surface area (TPSA) is 37.3 Å². The molecule has 2 bridgehead atoms. The van der Waals surface area contributed by atoms with Crippen LogP contribution in [0.15, 0.2) is 30.3 Å². The Morgan fingerprint density at radius 2 is 1.82 bits per heavy atom. The van der Waals surface area contributed by atoms with E-state index in [1.165, 1.54) is 18.4 Å². The largest absolute Gasteiger partial charge is 0.481 e. The molecule has 2 saturated carbocycles. The summed E-state index contributed by atoms with van der Waals surface area (Å²) in [6.45, 7) is 6.66. The van der Waals surface area contributed by atoms with Crippen LogP contribution >= 0.6 is 0 Å². The maximum absolute atomic E-state index is 11.9. The van der Waals surface area contributed by atoms with Gasteiger partial charge in [0.05, 0.1) is 5.41 Å². The van der Waals surface area contributed by atoms with Crippen LogP contribution in [0.1, 0.15) is 64.9 Å². The number of fused-ring (bicyclic) bond motifs is 2. The standard InChI is InChI=1S/C20H28O2/c1-4-18(2)10-15-11-19(3,17(21)22)14-20(12-15,13-18)16-8-6-5-7-9-16/h5-9,15H,4,10-14H2,1-3H3,(H,21,22). The van der Waals surface area contributed by atoms with Gasteiger partial charge in [0.15, 0.2) is 0 Å². The third-order valence-electron chi connectivity index (χ3n) is 6.45. The summed E-state index contributed by atoms with van der Waals surface area (Å²) in [6, 6.07) is 10.7. The molecule has 0 spiro atoms. The number of hydrogen-bond donors (Lipinski definition) is 1. The highest BCUT2D eigenvalue weighted by Gasteiger charge is 2.56. The number of benzene rings is 1. The molecule has 2 aliphatic rings. The van der Waals surface area contributed by atoms with Gasteiger partial charge >= 0.3 is 5.97 Å². The van der Waals surface area contributed by atoms with Crippen LogP contribution in [0.2, 0.25) is 0 Å². The highest BCUT2D eigenvalue weighted by atomic mass is 16.4. The Labute approximate surface area is 133 Å². The minimum Gasteiger partial charge on any atom is -0.481 e. The Morgan fingerprint density at radius 3 is 2.41 bits per heavy atom. The van der Waals surface area contributed by atoms with Gasteiger partial charge in [-0.05, 0) is 61.3 Å². The molecule has 22 heavy (non-hydrogen) atoms. The average Bonchev–Trinajstić information content (AvgIpc) is 2.46. The van der Waals surface area contributed by atoms with Crippen molar-refractivity contribution >= 4 is 5.97 Å². The first kappa shape index (κ1) is 15.6. The van der Waals surface area contributed by atoms with Crippen molar-refractivity contribution in [3.8, 4) is 0 Å². The smallest absolute Gasteiger partial charge is 0.309 e. The molecule has 1 aromatic carbocycles. The van der Waals surface area contributed by atoms with E-state index in [0.717, 1.165) is 25.7 Å². The molecule has 0 aliphatic heterocycles. The molecule has 3 rings (SSSR count). The summed E-state index contributed by atoms with van der Waals surface area (Å²) >= 11 is 0. The summed E-state index contributed by atoms with van der Waals surface area (Å²) in [4.78, 5) is 11.9. The number of rotatable bonds is 3. The van der Waals surface area contributed by atoms with Crippen LogP contribution < -0.4 is 0 Å². The summed E-state index contributed by atoms with van der Waals surface area (Å²) in [7, 11) is 0. The predicted molar refractivity (Wildman–Crippen MR) is 88.8 cm³/mol. The minimum absolute atomic E-state index is 0.0420. The van der Waals surface area contributed by atoms with Gasteiger partial charge in [0, 0.05) is 0 Å². The van der Waals surface area contributed by atoms with E-state index in [1.54, 1.807) is 0 Å². The molecule has 1 aromatic rings. The highest BCUT2D eigenvalue weighted by molar-refractivity contribution is 5.74. The van der Waals surface area contributed by atoms with E-state index in [0.29, 0.717) is 11.3 Å². The zero-order valence-corrected chi connectivity index (χ0v) is 14.1. The molecule has 2 fully saturated rings. The van der Waals surface area contributed by atoms with Gasteiger partial charge in [-0.25, -0.2) is 0 Å². The quantitative estimate of drug-likeness (QED) is 0.850. The molecular formula is C20H28O2. The van der Waals surface area contributed by atoms with Gasteiger partial charge in [0.25, 0.3) is 0 Å². The molecule has 4 unspecified atom stereocenters. The fraction of sp³-hybridized carbons (Fsp3) is 0.650. The first-order chi connectivity index (χ1) is 10.3. The fourth-order valence-electron chi connectivity index (χ4n) is 5.56. The van der Waals surface area contributed by atoms with Crippen LogP contribution in [0.5, 0.6) is 0 Å². The molecule has 2 aliphatic carbocycles. The van der Waals surface area contributed by atoms with E-state index in [1.807, 2.05) is 6.92 Å². The van der Waals surface area contributed by atoms with Gasteiger partial charge in [-0.2, -0.15) is 0 Å². The van der Waals surface area contributed by atoms with E-state index >= 15 is 0 Å². The van der Waals surface area contributed by atoms with Gasteiger partial charge in [0.2, 0.25) is 0 Å². The van der Waals surface area contributed by atoms with Crippen molar-refractivity contribution in [2.45, 2.75) is 64.7 Å². The minimum atomic E-state index is -0.613. The van der Waals surface area contributed by atoms with Gasteiger partial charge in [-0.3, -0.25) is 4.79 Å². The van der Waals surface area contributed by atoms with Crippen molar-refractivity contribution in [1.29, 1.82) is 0 Å². The number of carbonyl (C=O) groups is 1. The molecular weight excluding hydrogens is 272 g/mol. The van der Waals surface area contributed by atoms with Crippen molar-refractivity contribution in [2.75, 3.05) is 0 Å². The van der Waals surface area contributed by atoms with E-state index < -0.39 is 11.4 Å². The van der Waals surface area contributed by atoms with E-state index in [2.05, 4.69) is 44.2 Å². The second-order valence-electron chi connectivity index (χ2n) is 8.51. The van der Waals surface area contributed by atoms with Crippen molar-refractivity contribution < 1.29 is 9.90 Å². The number of carboxylic acid groups (broad SMARTS) is 1. The Balaban J connectivity index is 2.07. The van der Waals surface area contributed by atoms with Crippen LogP contribution in [0.25, 0.3) is 0 Å². The van der Waals surface area contributed by atoms with Crippen molar-refractivity contribution in [2.24, 2.45) is 16.7 Å². The monoisotopic (exact) mass is 300 g/mol. The van der Waals surface area contributed by atoms with Crippen molar-refractivity contribution in [3.05, 3.63) is 35.9 Å². The number of carboxylic acids is 1. The third-order valence-corrected chi connectivity index (χ3v) is 6.45. The van der Waals surface area contributed by atoms with Gasteiger partial charge in [0.1, 0.15) is 0 Å². The summed E-state index contributed by atoms with van der Waals surface area (Å²) in [6.07, 6.45) is 6.27. The molecule has 4 atom stereocenters. The zero-order valence-electron chi connectivity index (χ0n) is 14.1. The van der Waals surface area contributed by atoms with Gasteiger partial charge < -0.3 is 5.11 Å². The lowest BCUT2D eigenvalue weighted by Gasteiger charge is -2.57. The van der Waals surface area contributed by atoms with Crippen LogP contribution in [0, 0.1) is 16.7 Å². The van der Waals surface area contributed by atoms with Crippen LogP contribution in [-0.2, 0) is 10.2 Å². The molecule has 0 aromatic heterocycles. The molecule has 0 amide bonds. The second kappa shape index (κ2) is 5.11. The Bertz CT molecular complexity index is 566. The zero-order chi connectivity index (χ0) is 16.0.